The number of para-hydroxylation sites is 1. The number of nitrogens with one attached hydrogen (secondary N) is 3. The number of aromatic nitrogens is 4. The molecule has 1 aromatic carbocycles. The summed E-state index contributed by atoms with van der Waals surface area (Å²) in [7, 11) is 0. The largest absolute Gasteiger partial charge is 0.461 e. The first kappa shape index (κ1) is 14.3. The van der Waals surface area contributed by atoms with E-state index >= 15 is 0 Å². The molecule has 0 atom stereocenters. The molecule has 0 fully saturated rings. The van der Waals surface area contributed by atoms with E-state index in [0.717, 1.165) is 16.5 Å². The highest BCUT2D eigenvalue weighted by Crippen LogP contribution is 2.18. The Kier molecular flexibility index (Phi) is 3.59. The van der Waals surface area contributed by atoms with E-state index in [1.807, 2.05) is 30.5 Å². The van der Waals surface area contributed by atoms with Gasteiger partial charge in [-0.3, -0.25) is 9.89 Å². The molecule has 7 heteroatoms. The van der Waals surface area contributed by atoms with Crippen LogP contribution < -0.4 is 5.32 Å². The lowest BCUT2D eigenvalue weighted by Crippen LogP contribution is -2.25. The van der Waals surface area contributed by atoms with Crippen LogP contribution in [0, 0.1) is 0 Å². The maximum Gasteiger partial charge on any atom is 0.224 e. The highest BCUT2D eigenvalue weighted by Gasteiger charge is 2.11. The van der Waals surface area contributed by atoms with Crippen LogP contribution >= 0.6 is 0 Å². The van der Waals surface area contributed by atoms with Gasteiger partial charge < -0.3 is 14.7 Å². The zero-order valence-electron chi connectivity index (χ0n) is 12.7. The summed E-state index contributed by atoms with van der Waals surface area (Å²) < 4.78 is 5.23. The minimum absolute atomic E-state index is 0.0734. The normalized spacial score (nSPS) is 11.0. The van der Waals surface area contributed by atoms with Gasteiger partial charge in [0.2, 0.25) is 11.7 Å². The maximum atomic E-state index is 12.2. The quantitative estimate of drug-likeness (QED) is 0.525. The van der Waals surface area contributed by atoms with Crippen LogP contribution in [0.25, 0.3) is 22.5 Å². The summed E-state index contributed by atoms with van der Waals surface area (Å²) in [6, 6.07) is 11.5. The molecule has 1 amide bonds. The molecule has 0 spiro atoms. The van der Waals surface area contributed by atoms with Crippen molar-refractivity contribution in [2.75, 3.05) is 0 Å². The summed E-state index contributed by atoms with van der Waals surface area (Å²) in [5.74, 6) is 1.56. The molecule has 0 radical (unpaired) electrons. The van der Waals surface area contributed by atoms with Gasteiger partial charge in [-0.05, 0) is 23.8 Å². The molecule has 0 aliphatic rings. The SMILES string of the molecule is O=C(Cc1c[nH]c2ccccc12)NCc1nc(-c2ccco2)n[nH]1. The number of carbonyl (C=O) groups excluding carboxylic acids is 1. The van der Waals surface area contributed by atoms with Crippen molar-refractivity contribution in [2.45, 2.75) is 13.0 Å². The molecule has 0 saturated carbocycles. The van der Waals surface area contributed by atoms with E-state index in [-0.39, 0.29) is 12.5 Å². The molecule has 0 unspecified atom stereocenters. The van der Waals surface area contributed by atoms with Crippen LogP contribution in [0.4, 0.5) is 0 Å². The van der Waals surface area contributed by atoms with E-state index in [0.29, 0.717) is 23.8 Å². The molecule has 120 valence electrons. The Morgan fingerprint density at radius 2 is 2.12 bits per heavy atom. The third-order valence-corrected chi connectivity index (χ3v) is 3.75. The van der Waals surface area contributed by atoms with Gasteiger partial charge in [0.15, 0.2) is 5.76 Å². The molecule has 0 aliphatic carbocycles. The predicted molar refractivity (Wildman–Crippen MR) is 87.9 cm³/mol. The fraction of sp³-hybridized carbons (Fsp3) is 0.118. The Balaban J connectivity index is 1.38. The third-order valence-electron chi connectivity index (χ3n) is 3.75. The molecule has 0 saturated heterocycles. The van der Waals surface area contributed by atoms with E-state index in [1.165, 1.54) is 0 Å². The lowest BCUT2D eigenvalue weighted by molar-refractivity contribution is -0.120. The van der Waals surface area contributed by atoms with Gasteiger partial charge in [-0.25, -0.2) is 4.98 Å². The standard InChI is InChI=1S/C17H15N5O2/c23-16(8-11-9-18-13-5-2-1-4-12(11)13)19-10-15-20-17(22-21-15)14-6-3-7-24-14/h1-7,9,18H,8,10H2,(H,19,23)(H,20,21,22). The topological polar surface area (TPSA) is 99.6 Å². The second-order valence-electron chi connectivity index (χ2n) is 5.40. The Bertz CT molecular complexity index is 968. The number of amides is 1. The summed E-state index contributed by atoms with van der Waals surface area (Å²) in [5, 5.41) is 10.8. The van der Waals surface area contributed by atoms with Gasteiger partial charge in [-0.2, -0.15) is 0 Å². The summed E-state index contributed by atoms with van der Waals surface area (Å²) in [6.07, 6.45) is 3.74. The first-order valence-electron chi connectivity index (χ1n) is 7.56. The average molecular weight is 321 g/mol. The van der Waals surface area contributed by atoms with Crippen molar-refractivity contribution in [3.05, 3.63) is 60.2 Å². The Labute approximate surface area is 137 Å². The van der Waals surface area contributed by atoms with Crippen LogP contribution in [0.15, 0.2) is 53.3 Å². The lowest BCUT2D eigenvalue weighted by atomic mass is 10.1. The number of H-pyrrole nitrogens is 2. The van der Waals surface area contributed by atoms with Crippen molar-refractivity contribution < 1.29 is 9.21 Å². The zero-order valence-corrected chi connectivity index (χ0v) is 12.7. The smallest absolute Gasteiger partial charge is 0.224 e. The van der Waals surface area contributed by atoms with E-state index < -0.39 is 0 Å². The van der Waals surface area contributed by atoms with Crippen LogP contribution in [0.2, 0.25) is 0 Å². The first-order valence-corrected chi connectivity index (χ1v) is 7.56. The molecule has 7 nitrogen and oxygen atoms in total. The van der Waals surface area contributed by atoms with Crippen LogP contribution in [-0.2, 0) is 17.8 Å². The molecule has 3 aromatic heterocycles. The van der Waals surface area contributed by atoms with Crippen molar-refractivity contribution in [2.24, 2.45) is 0 Å². The Hall–Kier alpha value is -3.35. The molecular weight excluding hydrogens is 306 g/mol. The number of furan rings is 1. The number of benzene rings is 1. The van der Waals surface area contributed by atoms with Crippen molar-refractivity contribution >= 4 is 16.8 Å². The van der Waals surface area contributed by atoms with E-state index in [4.69, 9.17) is 4.42 Å². The Morgan fingerprint density at radius 1 is 1.21 bits per heavy atom. The Morgan fingerprint density at radius 3 is 3.00 bits per heavy atom. The number of hydrogen-bond acceptors (Lipinski definition) is 4. The summed E-state index contributed by atoms with van der Waals surface area (Å²) >= 11 is 0. The van der Waals surface area contributed by atoms with Crippen molar-refractivity contribution in [3.8, 4) is 11.6 Å². The molecule has 4 rings (SSSR count). The third kappa shape index (κ3) is 2.79. The first-order chi connectivity index (χ1) is 11.8. The van der Waals surface area contributed by atoms with Crippen LogP contribution in [0.5, 0.6) is 0 Å². The van der Waals surface area contributed by atoms with Crippen molar-refractivity contribution in [1.82, 2.24) is 25.5 Å². The number of aromatic amines is 2. The molecule has 0 bridgehead atoms. The van der Waals surface area contributed by atoms with Crippen molar-refractivity contribution in [3.63, 3.8) is 0 Å². The van der Waals surface area contributed by atoms with Crippen LogP contribution in [0.1, 0.15) is 11.4 Å². The summed E-state index contributed by atoms with van der Waals surface area (Å²) in [6.45, 7) is 0.287. The second-order valence-corrected chi connectivity index (χ2v) is 5.40. The monoisotopic (exact) mass is 321 g/mol. The minimum atomic E-state index is -0.0734. The van der Waals surface area contributed by atoms with Crippen LogP contribution in [0.3, 0.4) is 0 Å². The lowest BCUT2D eigenvalue weighted by Gasteiger charge is -2.02. The number of nitrogens with zero attached hydrogens (tertiary/aromatic N) is 2. The van der Waals surface area contributed by atoms with Gasteiger partial charge in [-0.15, -0.1) is 5.10 Å². The molecule has 3 heterocycles. The molecular formula is C17H15N5O2. The highest BCUT2D eigenvalue weighted by molar-refractivity contribution is 5.88. The molecule has 0 aliphatic heterocycles. The number of hydrogen-bond donors (Lipinski definition) is 3. The summed E-state index contributed by atoms with van der Waals surface area (Å²) in [5.41, 5.74) is 2.00. The van der Waals surface area contributed by atoms with Gasteiger partial charge in [0, 0.05) is 17.1 Å². The fourth-order valence-electron chi connectivity index (χ4n) is 2.59. The average Bonchev–Trinajstić information content (AvgIpc) is 3.34. The molecule has 24 heavy (non-hydrogen) atoms. The highest BCUT2D eigenvalue weighted by atomic mass is 16.3. The minimum Gasteiger partial charge on any atom is -0.461 e. The fourth-order valence-corrected chi connectivity index (χ4v) is 2.59. The van der Waals surface area contributed by atoms with Crippen LogP contribution in [-0.4, -0.2) is 26.1 Å². The number of carbonyl (C=O) groups is 1. The second kappa shape index (κ2) is 6.04. The van der Waals surface area contributed by atoms with Gasteiger partial charge in [0.1, 0.15) is 5.82 Å². The van der Waals surface area contributed by atoms with Gasteiger partial charge >= 0.3 is 0 Å². The zero-order chi connectivity index (χ0) is 16.4. The van der Waals surface area contributed by atoms with Crippen molar-refractivity contribution in [1.29, 1.82) is 0 Å². The van der Waals surface area contributed by atoms with Gasteiger partial charge in [-0.1, -0.05) is 18.2 Å². The van der Waals surface area contributed by atoms with E-state index in [9.17, 15) is 4.79 Å². The predicted octanol–water partition coefficient (Wildman–Crippen LogP) is 2.40. The van der Waals surface area contributed by atoms with E-state index in [2.05, 4.69) is 25.5 Å². The number of fused-ring (bicyclic) bond motifs is 1. The summed E-state index contributed by atoms with van der Waals surface area (Å²) in [4.78, 5) is 19.6. The maximum absolute atomic E-state index is 12.2. The van der Waals surface area contributed by atoms with Gasteiger partial charge in [0.05, 0.1) is 19.2 Å². The molecule has 3 N–H and O–H groups in total. The number of rotatable bonds is 5. The van der Waals surface area contributed by atoms with Gasteiger partial charge in [0.25, 0.3) is 0 Å². The molecule has 4 aromatic rings. The van der Waals surface area contributed by atoms with E-state index in [1.54, 1.807) is 18.4 Å².